The molecular weight excluding hydrogens is 291 g/mol. The summed E-state index contributed by atoms with van der Waals surface area (Å²) in [5.41, 5.74) is 0. The fourth-order valence-corrected chi connectivity index (χ4v) is 3.98. The van der Waals surface area contributed by atoms with E-state index < -0.39 is 0 Å². The van der Waals surface area contributed by atoms with E-state index >= 15 is 0 Å². The minimum atomic E-state index is -0.216. The van der Waals surface area contributed by atoms with Gasteiger partial charge in [0.05, 0.1) is 4.70 Å². The van der Waals surface area contributed by atoms with E-state index in [9.17, 15) is 4.39 Å². The second kappa shape index (κ2) is 4.58. The molecule has 0 saturated carbocycles. The maximum atomic E-state index is 13.2. The topological polar surface area (TPSA) is 9.23 Å². The second-order valence-corrected chi connectivity index (χ2v) is 6.41. The van der Waals surface area contributed by atoms with Crippen LogP contribution in [0.4, 0.5) is 4.39 Å². The molecule has 98 valence electrons. The number of rotatable bonds is 2. The van der Waals surface area contributed by atoms with Gasteiger partial charge in [-0.3, -0.25) is 0 Å². The zero-order valence-corrected chi connectivity index (χ0v) is 11.9. The first-order chi connectivity index (χ1) is 9.79. The van der Waals surface area contributed by atoms with Gasteiger partial charge in [-0.05, 0) is 40.4 Å². The number of ether oxygens (including phenoxy) is 1. The summed E-state index contributed by atoms with van der Waals surface area (Å²) in [6, 6.07) is 14.8. The van der Waals surface area contributed by atoms with E-state index in [1.807, 2.05) is 18.2 Å². The molecule has 0 amide bonds. The fraction of sp³-hybridized carbons (Fsp3) is 0. The van der Waals surface area contributed by atoms with E-state index in [0.717, 1.165) is 25.6 Å². The van der Waals surface area contributed by atoms with Crippen molar-refractivity contribution in [3.8, 4) is 10.8 Å². The molecule has 0 radical (unpaired) electrons. The van der Waals surface area contributed by atoms with Crippen LogP contribution in [0.1, 0.15) is 0 Å². The summed E-state index contributed by atoms with van der Waals surface area (Å²) in [5.74, 6) is 0.635. The molecule has 4 aromatic rings. The molecule has 0 saturated heterocycles. The Morgan fingerprint density at radius 2 is 1.90 bits per heavy atom. The fourth-order valence-electron chi connectivity index (χ4n) is 2.19. The summed E-state index contributed by atoms with van der Waals surface area (Å²) in [6.07, 6.45) is 0. The maximum Gasteiger partial charge on any atom is 0.182 e. The third kappa shape index (κ3) is 1.97. The molecule has 0 spiro atoms. The predicted molar refractivity (Wildman–Crippen MR) is 83.7 cm³/mol. The number of fused-ring (bicyclic) bond motifs is 2. The summed E-state index contributed by atoms with van der Waals surface area (Å²) in [6.45, 7) is 0. The van der Waals surface area contributed by atoms with Gasteiger partial charge in [-0.15, -0.1) is 11.3 Å². The van der Waals surface area contributed by atoms with Gasteiger partial charge >= 0.3 is 0 Å². The molecule has 0 aliphatic carbocycles. The lowest BCUT2D eigenvalue weighted by Gasteiger charge is -2.03. The number of hydrogen-bond donors (Lipinski definition) is 0. The van der Waals surface area contributed by atoms with Gasteiger partial charge in [0.2, 0.25) is 0 Å². The van der Waals surface area contributed by atoms with Gasteiger partial charge in [0.15, 0.2) is 5.06 Å². The Labute approximate surface area is 122 Å². The van der Waals surface area contributed by atoms with E-state index in [2.05, 4.69) is 17.5 Å². The van der Waals surface area contributed by atoms with Crippen LogP contribution in [0.15, 0.2) is 53.9 Å². The first kappa shape index (κ1) is 11.9. The lowest BCUT2D eigenvalue weighted by molar-refractivity contribution is 0.504. The van der Waals surface area contributed by atoms with E-state index in [1.165, 1.54) is 22.8 Å². The highest BCUT2D eigenvalue weighted by Crippen LogP contribution is 2.38. The van der Waals surface area contributed by atoms with Crippen molar-refractivity contribution in [3.63, 3.8) is 0 Å². The van der Waals surface area contributed by atoms with Crippen LogP contribution < -0.4 is 4.74 Å². The van der Waals surface area contributed by atoms with Crippen LogP contribution in [0.2, 0.25) is 0 Å². The number of benzene rings is 2. The molecule has 0 fully saturated rings. The summed E-state index contributed by atoms with van der Waals surface area (Å²) in [4.78, 5) is 0. The van der Waals surface area contributed by atoms with Crippen LogP contribution in [0.3, 0.4) is 0 Å². The summed E-state index contributed by atoms with van der Waals surface area (Å²) >= 11 is 3.12. The quantitative estimate of drug-likeness (QED) is 0.438. The smallest absolute Gasteiger partial charge is 0.182 e. The molecule has 0 aliphatic heterocycles. The van der Waals surface area contributed by atoms with Gasteiger partial charge in [0.1, 0.15) is 11.6 Å². The Morgan fingerprint density at radius 3 is 2.85 bits per heavy atom. The average molecular weight is 300 g/mol. The molecule has 0 N–H and O–H groups in total. The van der Waals surface area contributed by atoms with Crippen LogP contribution in [0.25, 0.3) is 20.2 Å². The van der Waals surface area contributed by atoms with E-state index in [4.69, 9.17) is 4.74 Å². The van der Waals surface area contributed by atoms with Crippen molar-refractivity contribution in [2.45, 2.75) is 0 Å². The van der Waals surface area contributed by atoms with E-state index in [-0.39, 0.29) is 5.82 Å². The van der Waals surface area contributed by atoms with E-state index in [1.54, 1.807) is 23.5 Å². The second-order valence-electron chi connectivity index (χ2n) is 4.44. The monoisotopic (exact) mass is 300 g/mol. The third-order valence-corrected chi connectivity index (χ3v) is 5.03. The predicted octanol–water partition coefficient (Wildman–Crippen LogP) is 6.05. The largest absolute Gasteiger partial charge is 0.445 e. The van der Waals surface area contributed by atoms with Gasteiger partial charge < -0.3 is 4.74 Å². The highest BCUT2D eigenvalue weighted by atomic mass is 32.1. The molecule has 2 heterocycles. The Morgan fingerprint density at radius 1 is 0.950 bits per heavy atom. The Hall–Kier alpha value is -1.91. The Bertz CT molecular complexity index is 907. The molecular formula is C16H9FOS2. The van der Waals surface area contributed by atoms with Crippen molar-refractivity contribution >= 4 is 42.8 Å². The molecule has 0 bridgehead atoms. The zero-order chi connectivity index (χ0) is 13.5. The molecule has 0 unspecified atom stereocenters. The number of halogens is 1. The van der Waals surface area contributed by atoms with Crippen molar-refractivity contribution in [3.05, 3.63) is 59.7 Å². The first-order valence-corrected chi connectivity index (χ1v) is 7.82. The van der Waals surface area contributed by atoms with Crippen LogP contribution in [0, 0.1) is 5.82 Å². The zero-order valence-electron chi connectivity index (χ0n) is 10.3. The van der Waals surface area contributed by atoms with Crippen molar-refractivity contribution in [1.82, 2.24) is 0 Å². The first-order valence-electron chi connectivity index (χ1n) is 6.13. The molecule has 20 heavy (non-hydrogen) atoms. The molecule has 0 atom stereocenters. The summed E-state index contributed by atoms with van der Waals surface area (Å²) in [5, 5.41) is 5.02. The van der Waals surface area contributed by atoms with Crippen LogP contribution in [-0.4, -0.2) is 0 Å². The Balaban J connectivity index is 1.78. The van der Waals surface area contributed by atoms with Crippen molar-refractivity contribution in [2.24, 2.45) is 0 Å². The molecule has 1 nitrogen and oxygen atoms in total. The molecule has 0 aliphatic rings. The minimum absolute atomic E-state index is 0.216. The molecule has 2 aromatic carbocycles. The van der Waals surface area contributed by atoms with Crippen LogP contribution in [0.5, 0.6) is 10.8 Å². The molecule has 4 heteroatoms. The highest BCUT2D eigenvalue weighted by molar-refractivity contribution is 7.20. The van der Waals surface area contributed by atoms with Gasteiger partial charge in [0, 0.05) is 10.8 Å². The normalized spacial score (nSPS) is 11.2. The van der Waals surface area contributed by atoms with Crippen molar-refractivity contribution < 1.29 is 9.13 Å². The van der Waals surface area contributed by atoms with Gasteiger partial charge in [-0.1, -0.05) is 29.5 Å². The van der Waals surface area contributed by atoms with Gasteiger partial charge in [-0.2, -0.15) is 0 Å². The summed E-state index contributed by atoms with van der Waals surface area (Å²) in [7, 11) is 0. The highest BCUT2D eigenvalue weighted by Gasteiger charge is 2.08. The molecule has 4 rings (SSSR count). The molecule has 2 aromatic heterocycles. The van der Waals surface area contributed by atoms with Crippen molar-refractivity contribution in [1.29, 1.82) is 0 Å². The SMILES string of the molecule is Fc1ccc2cc(Oc3cccc4ccsc34)sc2c1. The lowest BCUT2D eigenvalue weighted by Crippen LogP contribution is -1.79. The third-order valence-electron chi connectivity index (χ3n) is 3.11. The summed E-state index contributed by atoms with van der Waals surface area (Å²) < 4.78 is 21.2. The van der Waals surface area contributed by atoms with Crippen molar-refractivity contribution in [2.75, 3.05) is 0 Å². The Kier molecular flexibility index (Phi) is 2.72. The number of thiophene rings is 2. The van der Waals surface area contributed by atoms with Crippen LogP contribution in [-0.2, 0) is 0 Å². The minimum Gasteiger partial charge on any atom is -0.445 e. The lowest BCUT2D eigenvalue weighted by atomic mass is 10.2. The standard InChI is InChI=1S/C16H9FOS2/c17-12-5-4-11-8-15(20-14(11)9-12)18-13-3-1-2-10-6-7-19-16(10)13/h1-9H. The van der Waals surface area contributed by atoms with Crippen LogP contribution >= 0.6 is 22.7 Å². The van der Waals surface area contributed by atoms with E-state index in [0.29, 0.717) is 0 Å². The number of hydrogen-bond acceptors (Lipinski definition) is 3. The maximum absolute atomic E-state index is 13.2. The van der Waals surface area contributed by atoms with Gasteiger partial charge in [0.25, 0.3) is 0 Å². The van der Waals surface area contributed by atoms with Gasteiger partial charge in [-0.25, -0.2) is 4.39 Å². The average Bonchev–Trinajstić information content (AvgIpc) is 3.04.